The molecule has 7 heteroatoms. The molecule has 0 saturated carbocycles. The van der Waals surface area contributed by atoms with E-state index in [0.717, 1.165) is 16.6 Å². The third-order valence-electron chi connectivity index (χ3n) is 3.02. The maximum Gasteiger partial charge on any atom is 0.416 e. The summed E-state index contributed by atoms with van der Waals surface area (Å²) in [6.07, 6.45) is -3.64. The average Bonchev–Trinajstić information content (AvgIpc) is 2.87. The van der Waals surface area contributed by atoms with Gasteiger partial charge in [-0.25, -0.2) is 0 Å². The molecule has 0 amide bonds. The van der Waals surface area contributed by atoms with Crippen molar-refractivity contribution in [2.75, 3.05) is 7.05 Å². The first kappa shape index (κ1) is 14.9. The van der Waals surface area contributed by atoms with Gasteiger partial charge in [-0.05, 0) is 42.7 Å². The molecular weight excluding hydrogens is 287 g/mol. The molecular formula is C13H14F3N3S. The van der Waals surface area contributed by atoms with E-state index in [2.05, 4.69) is 14.9 Å². The SMILES string of the molecule is CCc1nnsc1C(NC)c1cccc(C(F)(F)F)c1. The van der Waals surface area contributed by atoms with Crippen molar-refractivity contribution in [3.8, 4) is 0 Å². The Bertz CT molecular complexity index is 580. The number of benzene rings is 1. The van der Waals surface area contributed by atoms with Crippen LogP contribution in [0.2, 0.25) is 0 Å². The van der Waals surface area contributed by atoms with E-state index >= 15 is 0 Å². The van der Waals surface area contributed by atoms with E-state index in [1.165, 1.54) is 23.7 Å². The van der Waals surface area contributed by atoms with E-state index in [4.69, 9.17) is 0 Å². The zero-order chi connectivity index (χ0) is 14.8. The van der Waals surface area contributed by atoms with E-state index in [0.29, 0.717) is 12.0 Å². The third kappa shape index (κ3) is 2.99. The second-order valence-electron chi connectivity index (χ2n) is 4.28. The Labute approximate surface area is 119 Å². The van der Waals surface area contributed by atoms with Crippen LogP contribution in [0.1, 0.15) is 34.7 Å². The zero-order valence-electron chi connectivity index (χ0n) is 11.0. The normalized spacial score (nSPS) is 13.4. The molecule has 2 aromatic rings. The quantitative estimate of drug-likeness (QED) is 0.940. The molecule has 1 aromatic heterocycles. The van der Waals surface area contributed by atoms with E-state index < -0.39 is 11.7 Å². The monoisotopic (exact) mass is 301 g/mol. The van der Waals surface area contributed by atoms with Crippen molar-refractivity contribution >= 4 is 11.5 Å². The summed E-state index contributed by atoms with van der Waals surface area (Å²) < 4.78 is 42.2. The van der Waals surface area contributed by atoms with E-state index in [1.54, 1.807) is 13.1 Å². The van der Waals surface area contributed by atoms with Crippen molar-refractivity contribution in [1.29, 1.82) is 0 Å². The molecule has 0 spiro atoms. The van der Waals surface area contributed by atoms with Crippen molar-refractivity contribution < 1.29 is 13.2 Å². The van der Waals surface area contributed by atoms with Crippen molar-refractivity contribution in [3.05, 3.63) is 46.0 Å². The van der Waals surface area contributed by atoms with Gasteiger partial charge in [0.05, 0.1) is 22.2 Å². The molecule has 0 radical (unpaired) electrons. The molecule has 1 atom stereocenters. The Hall–Kier alpha value is -1.47. The first-order chi connectivity index (χ1) is 9.47. The number of aryl methyl sites for hydroxylation is 1. The molecule has 0 aliphatic heterocycles. The lowest BCUT2D eigenvalue weighted by atomic mass is 10.0. The minimum atomic E-state index is -4.34. The van der Waals surface area contributed by atoms with Gasteiger partial charge in [-0.1, -0.05) is 23.5 Å². The van der Waals surface area contributed by atoms with Crippen LogP contribution in [0.4, 0.5) is 13.2 Å². The molecule has 0 bridgehead atoms. The van der Waals surface area contributed by atoms with E-state index in [9.17, 15) is 13.2 Å². The lowest BCUT2D eigenvalue weighted by Crippen LogP contribution is -2.18. The Morgan fingerprint density at radius 3 is 2.70 bits per heavy atom. The van der Waals surface area contributed by atoms with Crippen molar-refractivity contribution in [1.82, 2.24) is 14.9 Å². The summed E-state index contributed by atoms with van der Waals surface area (Å²) in [7, 11) is 1.71. The summed E-state index contributed by atoms with van der Waals surface area (Å²) in [6.45, 7) is 1.94. The van der Waals surface area contributed by atoms with Crippen molar-refractivity contribution in [2.24, 2.45) is 0 Å². The lowest BCUT2D eigenvalue weighted by Gasteiger charge is -2.17. The number of hydrogen-bond donors (Lipinski definition) is 1. The number of nitrogens with one attached hydrogen (secondary N) is 1. The lowest BCUT2D eigenvalue weighted by molar-refractivity contribution is -0.137. The van der Waals surface area contributed by atoms with Crippen LogP contribution in [-0.2, 0) is 12.6 Å². The van der Waals surface area contributed by atoms with Crippen molar-refractivity contribution in [2.45, 2.75) is 25.6 Å². The fraction of sp³-hybridized carbons (Fsp3) is 0.385. The molecule has 3 nitrogen and oxygen atoms in total. The molecule has 0 aliphatic carbocycles. The molecule has 108 valence electrons. The van der Waals surface area contributed by atoms with Crippen LogP contribution in [0.3, 0.4) is 0 Å². The average molecular weight is 301 g/mol. The van der Waals surface area contributed by atoms with Crippen LogP contribution in [0.25, 0.3) is 0 Å². The Morgan fingerprint density at radius 2 is 2.10 bits per heavy atom. The first-order valence-corrected chi connectivity index (χ1v) is 6.90. The fourth-order valence-electron chi connectivity index (χ4n) is 2.02. The summed E-state index contributed by atoms with van der Waals surface area (Å²) in [5.74, 6) is 0. The van der Waals surface area contributed by atoms with Gasteiger partial charge in [0.1, 0.15) is 0 Å². The Kier molecular flexibility index (Phi) is 4.39. The smallest absolute Gasteiger partial charge is 0.309 e. The molecule has 1 aromatic carbocycles. The highest BCUT2D eigenvalue weighted by Crippen LogP contribution is 2.33. The Balaban J connectivity index is 2.43. The van der Waals surface area contributed by atoms with E-state index in [-0.39, 0.29) is 6.04 Å². The zero-order valence-corrected chi connectivity index (χ0v) is 11.8. The van der Waals surface area contributed by atoms with Crippen LogP contribution in [0.15, 0.2) is 24.3 Å². The maximum absolute atomic E-state index is 12.8. The maximum atomic E-state index is 12.8. The van der Waals surface area contributed by atoms with Gasteiger partial charge >= 0.3 is 6.18 Å². The second-order valence-corrected chi connectivity index (χ2v) is 5.07. The van der Waals surface area contributed by atoms with Gasteiger partial charge in [0.2, 0.25) is 0 Å². The highest BCUT2D eigenvalue weighted by molar-refractivity contribution is 7.05. The minimum Gasteiger partial charge on any atom is -0.309 e. The van der Waals surface area contributed by atoms with Gasteiger partial charge < -0.3 is 5.32 Å². The second kappa shape index (κ2) is 5.88. The number of aromatic nitrogens is 2. The molecule has 1 heterocycles. The summed E-state index contributed by atoms with van der Waals surface area (Å²) in [5.41, 5.74) is 0.723. The van der Waals surface area contributed by atoms with E-state index in [1.807, 2.05) is 6.92 Å². The largest absolute Gasteiger partial charge is 0.416 e. The Morgan fingerprint density at radius 1 is 1.35 bits per heavy atom. The van der Waals surface area contributed by atoms with Crippen molar-refractivity contribution in [3.63, 3.8) is 0 Å². The standard InChI is InChI=1S/C13H14F3N3S/c1-3-10-12(20-19-18-10)11(17-2)8-5-4-6-9(7-8)13(14,15)16/h4-7,11,17H,3H2,1-2H3. The minimum absolute atomic E-state index is 0.327. The van der Waals surface area contributed by atoms with Crippen LogP contribution < -0.4 is 5.32 Å². The summed E-state index contributed by atoms with van der Waals surface area (Å²) in [5, 5.41) is 7.04. The van der Waals surface area contributed by atoms with Crippen LogP contribution in [0.5, 0.6) is 0 Å². The van der Waals surface area contributed by atoms with Gasteiger partial charge in [0.25, 0.3) is 0 Å². The topological polar surface area (TPSA) is 37.8 Å². The summed E-state index contributed by atoms with van der Waals surface area (Å²) in [6, 6.07) is 5.01. The number of rotatable bonds is 4. The predicted molar refractivity (Wildman–Crippen MR) is 71.6 cm³/mol. The molecule has 2 rings (SSSR count). The molecule has 1 unspecified atom stereocenters. The molecule has 1 N–H and O–H groups in total. The third-order valence-corrected chi connectivity index (χ3v) is 3.85. The van der Waals surface area contributed by atoms with Crippen LogP contribution in [0, 0.1) is 0 Å². The first-order valence-electron chi connectivity index (χ1n) is 6.13. The number of halogens is 3. The molecule has 0 fully saturated rings. The van der Waals surface area contributed by atoms with Crippen LogP contribution >= 0.6 is 11.5 Å². The number of nitrogens with zero attached hydrogens (tertiary/aromatic N) is 2. The number of alkyl halides is 3. The van der Waals surface area contributed by atoms with Gasteiger partial charge in [0.15, 0.2) is 0 Å². The highest BCUT2D eigenvalue weighted by atomic mass is 32.1. The fourth-order valence-corrected chi connectivity index (χ4v) is 2.90. The molecule has 0 aliphatic rings. The van der Waals surface area contributed by atoms with Gasteiger partial charge in [0, 0.05) is 0 Å². The summed E-state index contributed by atoms with van der Waals surface area (Å²) in [4.78, 5) is 0.856. The highest BCUT2D eigenvalue weighted by Gasteiger charge is 2.31. The van der Waals surface area contributed by atoms with Gasteiger partial charge in [-0.3, -0.25) is 0 Å². The van der Waals surface area contributed by atoms with Crippen LogP contribution in [-0.4, -0.2) is 16.6 Å². The van der Waals surface area contributed by atoms with Gasteiger partial charge in [-0.2, -0.15) is 13.2 Å². The predicted octanol–water partition coefficient (Wildman–Crippen LogP) is 3.43. The summed E-state index contributed by atoms with van der Waals surface area (Å²) >= 11 is 1.21. The van der Waals surface area contributed by atoms with Gasteiger partial charge in [-0.15, -0.1) is 5.10 Å². The molecule has 0 saturated heterocycles. The molecule has 20 heavy (non-hydrogen) atoms. The number of hydrogen-bond acceptors (Lipinski definition) is 4.